The molecule has 4 aromatic rings. The second-order valence-corrected chi connectivity index (χ2v) is 9.29. The number of carbonyl (C=O) groups excluding carboxylic acids is 3. The van der Waals surface area contributed by atoms with Gasteiger partial charge in [0.05, 0.1) is 17.3 Å². The molecule has 14 heteroatoms. The molecule has 11 nitrogen and oxygen atoms in total. The second kappa shape index (κ2) is 11.8. The van der Waals surface area contributed by atoms with E-state index in [1.165, 1.54) is 42.5 Å². The first-order chi connectivity index (χ1) is 20.1. The van der Waals surface area contributed by atoms with Gasteiger partial charge in [-0.05, 0) is 61.4 Å². The number of rotatable bonds is 6. The van der Waals surface area contributed by atoms with Crippen molar-refractivity contribution >= 4 is 29.4 Å². The van der Waals surface area contributed by atoms with Crippen molar-refractivity contribution in [2.75, 3.05) is 6.61 Å². The van der Waals surface area contributed by atoms with Crippen LogP contribution in [0.3, 0.4) is 0 Å². The summed E-state index contributed by atoms with van der Waals surface area (Å²) in [5.41, 5.74) is -3.04. The molecule has 0 radical (unpaired) electrons. The maximum atomic E-state index is 14.4. The van der Waals surface area contributed by atoms with Crippen LogP contribution in [0.5, 0.6) is 11.8 Å². The molecular weight excluding hydrogens is 580 g/mol. The standard InChI is InChI=1S/C28H18ClF2N3O8/c29-19-10-11-21(41-26(37)15-6-8-18(30)9-7-15)32-23(19)42-27(38)17-4-1-3-16(13-17)24(35)34-25(36)20(31)14-33(28(34)39)22-5-2-12-40-22/h1,3-4,6-11,13-14,22H,2,5,12H2. The summed E-state index contributed by atoms with van der Waals surface area (Å²) in [5.74, 6) is -5.71. The number of hydrogen-bond acceptors (Lipinski definition) is 9. The van der Waals surface area contributed by atoms with Crippen LogP contribution in [0.25, 0.3) is 0 Å². The third-order valence-corrected chi connectivity index (χ3v) is 6.38. The summed E-state index contributed by atoms with van der Waals surface area (Å²) in [6, 6.07) is 11.8. The molecule has 2 aromatic heterocycles. The van der Waals surface area contributed by atoms with Crippen LogP contribution in [0.15, 0.2) is 76.4 Å². The van der Waals surface area contributed by atoms with Gasteiger partial charge in [0.25, 0.3) is 11.5 Å². The van der Waals surface area contributed by atoms with E-state index in [2.05, 4.69) is 4.98 Å². The van der Waals surface area contributed by atoms with Crippen molar-refractivity contribution in [1.29, 1.82) is 0 Å². The molecule has 1 aliphatic rings. The van der Waals surface area contributed by atoms with Crippen LogP contribution in [-0.4, -0.2) is 38.6 Å². The first-order valence-electron chi connectivity index (χ1n) is 12.3. The SMILES string of the molecule is O=C(Oc1ccc(Cl)c(OC(=O)c2cccc(C(=O)n3c(=O)c(F)cn(C4CCCO4)c3=O)c2)n1)c1ccc(F)cc1. The van der Waals surface area contributed by atoms with E-state index < -0.39 is 52.8 Å². The molecule has 3 heterocycles. The van der Waals surface area contributed by atoms with E-state index in [4.69, 9.17) is 25.8 Å². The molecule has 1 aliphatic heterocycles. The van der Waals surface area contributed by atoms with Crippen molar-refractivity contribution in [1.82, 2.24) is 14.1 Å². The highest BCUT2D eigenvalue weighted by molar-refractivity contribution is 6.32. The largest absolute Gasteiger partial charge is 0.404 e. The molecule has 0 amide bonds. The smallest absolute Gasteiger partial charge is 0.344 e. The third kappa shape index (κ3) is 5.87. The lowest BCUT2D eigenvalue weighted by atomic mass is 10.1. The Balaban J connectivity index is 1.37. The van der Waals surface area contributed by atoms with E-state index in [0.717, 1.165) is 22.8 Å². The second-order valence-electron chi connectivity index (χ2n) is 8.88. The molecule has 1 unspecified atom stereocenters. The van der Waals surface area contributed by atoms with Crippen LogP contribution < -0.4 is 20.7 Å². The fourth-order valence-corrected chi connectivity index (χ4v) is 4.18. The van der Waals surface area contributed by atoms with Crippen LogP contribution >= 0.6 is 11.6 Å². The van der Waals surface area contributed by atoms with Gasteiger partial charge in [-0.2, -0.15) is 13.9 Å². The van der Waals surface area contributed by atoms with Crippen molar-refractivity contribution < 1.29 is 37.4 Å². The average molecular weight is 598 g/mol. The molecule has 1 fully saturated rings. The predicted molar refractivity (Wildman–Crippen MR) is 141 cm³/mol. The lowest BCUT2D eigenvalue weighted by Crippen LogP contribution is -2.46. The summed E-state index contributed by atoms with van der Waals surface area (Å²) in [5, 5.41) is -0.127. The average Bonchev–Trinajstić information content (AvgIpc) is 3.52. The van der Waals surface area contributed by atoms with Crippen LogP contribution in [0.1, 0.15) is 50.1 Å². The van der Waals surface area contributed by atoms with Crippen LogP contribution in [0.2, 0.25) is 5.02 Å². The topological polar surface area (TPSA) is 136 Å². The van der Waals surface area contributed by atoms with Crippen molar-refractivity contribution in [3.63, 3.8) is 0 Å². The van der Waals surface area contributed by atoms with Crippen LogP contribution in [0.4, 0.5) is 8.78 Å². The fraction of sp³-hybridized carbons (Fsp3) is 0.143. The first-order valence-corrected chi connectivity index (χ1v) is 12.7. The molecule has 2 aromatic carbocycles. The zero-order chi connectivity index (χ0) is 30.0. The van der Waals surface area contributed by atoms with E-state index in [1.54, 1.807) is 0 Å². The number of nitrogens with zero attached hydrogens (tertiary/aromatic N) is 3. The van der Waals surface area contributed by atoms with Crippen LogP contribution in [0, 0.1) is 11.6 Å². The number of esters is 2. The molecule has 5 rings (SSSR count). The number of carbonyl (C=O) groups is 3. The van der Waals surface area contributed by atoms with Gasteiger partial charge in [-0.1, -0.05) is 17.7 Å². The zero-order valence-corrected chi connectivity index (χ0v) is 22.0. The Kier molecular flexibility index (Phi) is 8.04. The Morgan fingerprint density at radius 3 is 2.36 bits per heavy atom. The molecule has 0 saturated carbocycles. The van der Waals surface area contributed by atoms with Gasteiger partial charge in [0, 0.05) is 18.2 Å². The summed E-state index contributed by atoms with van der Waals surface area (Å²) < 4.78 is 44.2. The highest BCUT2D eigenvalue weighted by Crippen LogP contribution is 2.26. The normalized spacial score (nSPS) is 14.4. The first kappa shape index (κ1) is 28.5. The maximum absolute atomic E-state index is 14.4. The summed E-state index contributed by atoms with van der Waals surface area (Å²) in [6.07, 6.45) is 0.848. The predicted octanol–water partition coefficient (Wildman–Crippen LogP) is 3.77. The highest BCUT2D eigenvalue weighted by Gasteiger charge is 2.26. The number of benzene rings is 2. The lowest BCUT2D eigenvalue weighted by Gasteiger charge is -2.15. The minimum absolute atomic E-state index is 0.0353. The molecule has 214 valence electrons. The summed E-state index contributed by atoms with van der Waals surface area (Å²) in [4.78, 5) is 67.7. The summed E-state index contributed by atoms with van der Waals surface area (Å²) >= 11 is 6.08. The van der Waals surface area contributed by atoms with E-state index in [-0.39, 0.29) is 32.2 Å². The van der Waals surface area contributed by atoms with Gasteiger partial charge in [-0.25, -0.2) is 18.8 Å². The molecule has 0 spiro atoms. The molecule has 1 atom stereocenters. The van der Waals surface area contributed by atoms with E-state index >= 15 is 0 Å². The Morgan fingerprint density at radius 2 is 1.64 bits per heavy atom. The Labute approximate surface area is 239 Å². The highest BCUT2D eigenvalue weighted by atomic mass is 35.5. The fourth-order valence-electron chi connectivity index (χ4n) is 4.04. The third-order valence-electron chi connectivity index (χ3n) is 6.09. The van der Waals surface area contributed by atoms with Crippen molar-refractivity contribution in [2.24, 2.45) is 0 Å². The Bertz CT molecular complexity index is 1830. The Morgan fingerprint density at radius 1 is 0.929 bits per heavy atom. The number of hydrogen-bond donors (Lipinski definition) is 0. The van der Waals surface area contributed by atoms with E-state index in [0.29, 0.717) is 25.6 Å². The van der Waals surface area contributed by atoms with Crippen molar-refractivity contribution in [2.45, 2.75) is 19.1 Å². The minimum Gasteiger partial charge on any atom is -0.404 e. The number of pyridine rings is 1. The van der Waals surface area contributed by atoms with Gasteiger partial charge < -0.3 is 14.2 Å². The Hall–Kier alpha value is -5.01. The molecule has 0 bridgehead atoms. The van der Waals surface area contributed by atoms with Gasteiger partial charge >= 0.3 is 17.6 Å². The maximum Gasteiger partial charge on any atom is 0.344 e. The summed E-state index contributed by atoms with van der Waals surface area (Å²) in [7, 11) is 0. The number of halogens is 3. The van der Waals surface area contributed by atoms with Gasteiger partial charge in [0.1, 0.15) is 17.1 Å². The van der Waals surface area contributed by atoms with Crippen LogP contribution in [-0.2, 0) is 4.74 Å². The van der Waals surface area contributed by atoms with Crippen molar-refractivity contribution in [3.8, 4) is 11.8 Å². The number of ether oxygens (including phenoxy) is 3. The van der Waals surface area contributed by atoms with Gasteiger partial charge in [-0.15, -0.1) is 0 Å². The van der Waals surface area contributed by atoms with Gasteiger partial charge in [0.15, 0.2) is 0 Å². The number of aromatic nitrogens is 3. The van der Waals surface area contributed by atoms with Gasteiger partial charge in [-0.3, -0.25) is 14.2 Å². The molecular formula is C28H18ClF2N3O8. The molecule has 0 aliphatic carbocycles. The minimum atomic E-state index is -1.46. The zero-order valence-electron chi connectivity index (χ0n) is 21.3. The molecule has 0 N–H and O–H groups in total. The lowest BCUT2D eigenvalue weighted by molar-refractivity contribution is 0.0501. The quantitative estimate of drug-likeness (QED) is 0.304. The summed E-state index contributed by atoms with van der Waals surface area (Å²) in [6.45, 7) is 0.328. The van der Waals surface area contributed by atoms with Gasteiger partial charge in [0.2, 0.25) is 17.6 Å². The molecule has 1 saturated heterocycles. The van der Waals surface area contributed by atoms with E-state index in [1.807, 2.05) is 0 Å². The molecule has 42 heavy (non-hydrogen) atoms. The van der Waals surface area contributed by atoms with Crippen molar-refractivity contribution in [3.05, 3.63) is 121 Å². The van der Waals surface area contributed by atoms with E-state index in [9.17, 15) is 32.8 Å². The monoisotopic (exact) mass is 597 g/mol.